The molecule has 3 rings (SSSR count). The van der Waals surface area contributed by atoms with Crippen LogP contribution in [-0.2, 0) is 9.59 Å². The maximum Gasteiger partial charge on any atom is 0.261 e. The van der Waals surface area contributed by atoms with Gasteiger partial charge in [-0.25, -0.2) is 9.29 Å². The van der Waals surface area contributed by atoms with Gasteiger partial charge in [0.05, 0.1) is 17.3 Å². The number of rotatable bonds is 4. The van der Waals surface area contributed by atoms with Gasteiger partial charge in [-0.2, -0.15) is 0 Å². The molecule has 1 aromatic carbocycles. The molecule has 0 N–H and O–H groups in total. The third-order valence-electron chi connectivity index (χ3n) is 3.97. The Balaban J connectivity index is 1.99. The Labute approximate surface area is 146 Å². The molecular weight excluding hydrogens is 389 g/mol. The molecule has 0 saturated heterocycles. The highest BCUT2D eigenvalue weighted by molar-refractivity contribution is 9.09. The molecule has 0 bridgehead atoms. The molecule has 23 heavy (non-hydrogen) atoms. The molecule has 1 aliphatic carbocycles. The van der Waals surface area contributed by atoms with E-state index in [1.165, 1.54) is 6.07 Å². The van der Waals surface area contributed by atoms with Crippen molar-refractivity contribution >= 4 is 45.0 Å². The zero-order valence-electron chi connectivity index (χ0n) is 12.2. The van der Waals surface area contributed by atoms with Crippen LogP contribution in [-0.4, -0.2) is 23.8 Å². The van der Waals surface area contributed by atoms with E-state index in [9.17, 15) is 14.0 Å². The van der Waals surface area contributed by atoms with Gasteiger partial charge in [-0.15, -0.1) is 0 Å². The predicted molar refractivity (Wildman–Crippen MR) is 88.7 cm³/mol. The number of benzene rings is 1. The minimum absolute atomic E-state index is 0.101. The summed E-state index contributed by atoms with van der Waals surface area (Å²) in [5, 5.41) is 0.678. The van der Waals surface area contributed by atoms with Crippen molar-refractivity contribution in [3.05, 3.63) is 34.1 Å². The van der Waals surface area contributed by atoms with E-state index in [0.717, 1.165) is 23.8 Å². The van der Waals surface area contributed by atoms with E-state index >= 15 is 0 Å². The molecule has 2 aliphatic rings. The first-order chi connectivity index (χ1) is 11.0. The summed E-state index contributed by atoms with van der Waals surface area (Å²) >= 11 is 9.18. The molecule has 2 amide bonds. The van der Waals surface area contributed by atoms with E-state index in [4.69, 9.17) is 16.3 Å². The number of hydrogen-bond acceptors (Lipinski definition) is 3. The summed E-state index contributed by atoms with van der Waals surface area (Å²) in [6.07, 6.45) is 2.87. The zero-order valence-corrected chi connectivity index (χ0v) is 14.5. The first kappa shape index (κ1) is 16.5. The number of carbonyl (C=O) groups is 2. The van der Waals surface area contributed by atoms with Crippen molar-refractivity contribution in [2.45, 2.75) is 25.7 Å². The second-order valence-electron chi connectivity index (χ2n) is 5.38. The van der Waals surface area contributed by atoms with E-state index in [2.05, 4.69) is 15.9 Å². The number of nitrogens with zero attached hydrogens (tertiary/aromatic N) is 1. The molecule has 0 aromatic heterocycles. The van der Waals surface area contributed by atoms with Gasteiger partial charge in [-0.3, -0.25) is 9.59 Å². The third kappa shape index (κ3) is 2.90. The molecule has 0 saturated carbocycles. The predicted octanol–water partition coefficient (Wildman–Crippen LogP) is 4.00. The lowest BCUT2D eigenvalue weighted by atomic mass is 9.93. The van der Waals surface area contributed by atoms with Crippen LogP contribution in [0, 0.1) is 5.82 Å². The standard InChI is InChI=1S/C16H14BrClFNO3/c17-5-6-23-14-8-13(12(19)7-11(14)18)20-15(21)9-3-1-2-4-10(9)16(20)22/h7-8H,1-6H2. The Bertz CT molecular complexity index is 692. The van der Waals surface area contributed by atoms with E-state index < -0.39 is 17.6 Å². The fourth-order valence-corrected chi connectivity index (χ4v) is 3.27. The van der Waals surface area contributed by atoms with Crippen LogP contribution in [0.25, 0.3) is 0 Å². The van der Waals surface area contributed by atoms with E-state index in [1.54, 1.807) is 0 Å². The van der Waals surface area contributed by atoms with E-state index in [-0.39, 0.29) is 16.5 Å². The molecule has 4 nitrogen and oxygen atoms in total. The van der Waals surface area contributed by atoms with E-state index in [1.807, 2.05) is 0 Å². The number of halogens is 3. The first-order valence-electron chi connectivity index (χ1n) is 7.33. The number of anilines is 1. The minimum atomic E-state index is -0.720. The highest BCUT2D eigenvalue weighted by Crippen LogP contribution is 2.39. The van der Waals surface area contributed by atoms with Gasteiger partial charge in [0.2, 0.25) is 0 Å². The molecule has 1 heterocycles. The van der Waals surface area contributed by atoms with Crippen molar-refractivity contribution in [1.82, 2.24) is 0 Å². The summed E-state index contributed by atoms with van der Waals surface area (Å²) in [4.78, 5) is 25.9. The molecule has 7 heteroatoms. The molecule has 1 aliphatic heterocycles. The van der Waals surface area contributed by atoms with Gasteiger partial charge in [0.25, 0.3) is 11.8 Å². The number of imide groups is 1. The van der Waals surface area contributed by atoms with Crippen LogP contribution in [0.3, 0.4) is 0 Å². The third-order valence-corrected chi connectivity index (χ3v) is 4.59. The Morgan fingerprint density at radius 2 is 1.78 bits per heavy atom. The topological polar surface area (TPSA) is 46.6 Å². The number of alkyl halides is 1. The van der Waals surface area contributed by atoms with Crippen molar-refractivity contribution in [3.63, 3.8) is 0 Å². The Kier molecular flexibility index (Phi) is 4.73. The van der Waals surface area contributed by atoms with Gasteiger partial charge in [-0.1, -0.05) is 27.5 Å². The summed E-state index contributed by atoms with van der Waals surface area (Å²) in [5.74, 6) is -1.34. The molecule has 0 atom stereocenters. The second-order valence-corrected chi connectivity index (χ2v) is 6.58. The van der Waals surface area contributed by atoms with Crippen molar-refractivity contribution in [3.8, 4) is 5.75 Å². The number of amides is 2. The largest absolute Gasteiger partial charge is 0.491 e. The van der Waals surface area contributed by atoms with Crippen molar-refractivity contribution in [2.24, 2.45) is 0 Å². The van der Waals surface area contributed by atoms with Crippen LogP contribution < -0.4 is 9.64 Å². The molecule has 0 radical (unpaired) electrons. The van der Waals surface area contributed by atoms with Crippen molar-refractivity contribution in [1.29, 1.82) is 0 Å². The molecule has 0 unspecified atom stereocenters. The van der Waals surface area contributed by atoms with Crippen LogP contribution in [0.2, 0.25) is 5.02 Å². The minimum Gasteiger partial charge on any atom is -0.491 e. The quantitative estimate of drug-likeness (QED) is 0.565. The number of ether oxygens (including phenoxy) is 1. The molecule has 0 spiro atoms. The maximum absolute atomic E-state index is 14.3. The summed E-state index contributed by atoms with van der Waals surface area (Å²) < 4.78 is 19.7. The van der Waals surface area contributed by atoms with Crippen LogP contribution >= 0.6 is 27.5 Å². The van der Waals surface area contributed by atoms with Gasteiger partial charge in [-0.05, 0) is 31.7 Å². The smallest absolute Gasteiger partial charge is 0.261 e. The summed E-state index contributed by atoms with van der Waals surface area (Å²) in [7, 11) is 0. The average Bonchev–Trinajstić information content (AvgIpc) is 2.79. The Morgan fingerprint density at radius 3 is 2.35 bits per heavy atom. The first-order valence-corrected chi connectivity index (χ1v) is 8.83. The number of carbonyl (C=O) groups excluding carboxylic acids is 2. The van der Waals surface area contributed by atoms with Gasteiger partial charge in [0, 0.05) is 22.5 Å². The lowest BCUT2D eigenvalue weighted by Gasteiger charge is -2.18. The summed E-state index contributed by atoms with van der Waals surface area (Å²) in [5.41, 5.74) is 0.917. The van der Waals surface area contributed by atoms with Gasteiger partial charge >= 0.3 is 0 Å². The van der Waals surface area contributed by atoms with Crippen LogP contribution in [0.15, 0.2) is 23.3 Å². The van der Waals surface area contributed by atoms with Gasteiger partial charge < -0.3 is 4.74 Å². The molecule has 0 fully saturated rings. The summed E-state index contributed by atoms with van der Waals surface area (Å²) in [6, 6.07) is 2.38. The summed E-state index contributed by atoms with van der Waals surface area (Å²) in [6.45, 7) is 0.335. The van der Waals surface area contributed by atoms with Gasteiger partial charge in [0.1, 0.15) is 11.6 Å². The highest BCUT2D eigenvalue weighted by atomic mass is 79.9. The number of hydrogen-bond donors (Lipinski definition) is 0. The molecule has 122 valence electrons. The second kappa shape index (κ2) is 6.61. The van der Waals surface area contributed by atoms with Crippen LogP contribution in [0.1, 0.15) is 25.7 Å². The molecule has 1 aromatic rings. The highest BCUT2D eigenvalue weighted by Gasteiger charge is 2.41. The fourth-order valence-electron chi connectivity index (χ4n) is 2.91. The van der Waals surface area contributed by atoms with Crippen LogP contribution in [0.4, 0.5) is 10.1 Å². The fraction of sp³-hybridized carbons (Fsp3) is 0.375. The Hall–Kier alpha value is -1.40. The lowest BCUT2D eigenvalue weighted by Crippen LogP contribution is -2.32. The van der Waals surface area contributed by atoms with Crippen LogP contribution in [0.5, 0.6) is 5.75 Å². The lowest BCUT2D eigenvalue weighted by molar-refractivity contribution is -0.120. The van der Waals surface area contributed by atoms with Crippen molar-refractivity contribution in [2.75, 3.05) is 16.8 Å². The van der Waals surface area contributed by atoms with Gasteiger partial charge in [0.15, 0.2) is 0 Å². The Morgan fingerprint density at radius 1 is 1.17 bits per heavy atom. The van der Waals surface area contributed by atoms with Crippen molar-refractivity contribution < 1.29 is 18.7 Å². The maximum atomic E-state index is 14.3. The zero-order chi connectivity index (χ0) is 16.6. The van der Waals surface area contributed by atoms with E-state index in [0.29, 0.717) is 35.9 Å². The monoisotopic (exact) mass is 401 g/mol. The SMILES string of the molecule is O=C1C2=C(CCCC2)C(=O)N1c1cc(OCCBr)c(Cl)cc1F. The normalized spacial score (nSPS) is 17.8. The molecular formula is C16H14BrClFNO3. The average molecular weight is 403 g/mol.